The molecule has 2 unspecified atom stereocenters. The lowest BCUT2D eigenvalue weighted by molar-refractivity contribution is -0.130. The van der Waals surface area contributed by atoms with E-state index in [2.05, 4.69) is 17.3 Å². The van der Waals surface area contributed by atoms with Crippen LogP contribution in [0, 0.1) is 0 Å². The molecule has 2 saturated heterocycles. The summed E-state index contributed by atoms with van der Waals surface area (Å²) >= 11 is 0. The highest BCUT2D eigenvalue weighted by atomic mass is 16.5. The van der Waals surface area contributed by atoms with Crippen LogP contribution in [0.2, 0.25) is 0 Å². The maximum Gasteiger partial charge on any atom is 0.239 e. The van der Waals surface area contributed by atoms with Gasteiger partial charge in [-0.05, 0) is 19.9 Å². The van der Waals surface area contributed by atoms with E-state index in [9.17, 15) is 4.79 Å². The third-order valence-electron chi connectivity index (χ3n) is 3.73. The number of hydrogen-bond acceptors (Lipinski definition) is 4. The summed E-state index contributed by atoms with van der Waals surface area (Å²) in [6.45, 7) is 2.71. The van der Waals surface area contributed by atoms with Gasteiger partial charge in [0.05, 0.1) is 25.3 Å². The van der Waals surface area contributed by atoms with E-state index in [1.165, 1.54) is 0 Å². The van der Waals surface area contributed by atoms with Gasteiger partial charge in [0.15, 0.2) is 0 Å². The lowest BCUT2D eigenvalue weighted by Gasteiger charge is -2.36. The predicted molar refractivity (Wildman–Crippen MR) is 65.9 cm³/mol. The van der Waals surface area contributed by atoms with Gasteiger partial charge in [0.1, 0.15) is 0 Å². The van der Waals surface area contributed by atoms with Gasteiger partial charge in [-0.2, -0.15) is 0 Å². The topological polar surface area (TPSA) is 44.8 Å². The fourth-order valence-corrected chi connectivity index (χ4v) is 2.44. The van der Waals surface area contributed by atoms with E-state index in [-0.39, 0.29) is 11.9 Å². The second-order valence-corrected chi connectivity index (χ2v) is 5.36. The van der Waals surface area contributed by atoms with Gasteiger partial charge in [-0.1, -0.05) is 0 Å². The molecule has 1 amide bonds. The smallest absolute Gasteiger partial charge is 0.239 e. The van der Waals surface area contributed by atoms with E-state index < -0.39 is 0 Å². The second-order valence-electron chi connectivity index (χ2n) is 5.36. The number of carbonyl (C=O) groups excluding carboxylic acids is 1. The molecule has 0 radical (unpaired) electrons. The molecule has 0 aromatic carbocycles. The van der Waals surface area contributed by atoms with Crippen molar-refractivity contribution in [3.8, 4) is 0 Å². The number of rotatable bonds is 4. The lowest BCUT2D eigenvalue weighted by atomic mass is 10.1. The molecular formula is C12H23N3O2. The van der Waals surface area contributed by atoms with E-state index in [4.69, 9.17) is 4.74 Å². The van der Waals surface area contributed by atoms with Crippen LogP contribution in [0.3, 0.4) is 0 Å². The number of hydrogen-bond donors (Lipinski definition) is 1. The van der Waals surface area contributed by atoms with Crippen LogP contribution in [-0.4, -0.2) is 74.7 Å². The van der Waals surface area contributed by atoms with Gasteiger partial charge in [-0.15, -0.1) is 0 Å². The summed E-state index contributed by atoms with van der Waals surface area (Å²) in [5.74, 6) is 0.196. The first kappa shape index (κ1) is 12.8. The largest absolute Gasteiger partial charge is 0.378 e. The summed E-state index contributed by atoms with van der Waals surface area (Å²) in [6.07, 6.45) is 2.04. The fraction of sp³-hybridized carbons (Fsp3) is 0.917. The minimum atomic E-state index is 0.0149. The molecule has 2 heterocycles. The molecule has 0 bridgehead atoms. The van der Waals surface area contributed by atoms with Crippen molar-refractivity contribution in [2.75, 3.05) is 40.9 Å². The highest BCUT2D eigenvalue weighted by Crippen LogP contribution is 2.17. The monoisotopic (exact) mass is 241 g/mol. The maximum absolute atomic E-state index is 11.8. The zero-order valence-electron chi connectivity index (χ0n) is 11.0. The number of likely N-dealkylation sites (N-methyl/N-ethyl adjacent to an activating group) is 2. The molecule has 2 atom stereocenters. The average molecular weight is 241 g/mol. The van der Waals surface area contributed by atoms with Crippen LogP contribution >= 0.6 is 0 Å². The van der Waals surface area contributed by atoms with Gasteiger partial charge in [0, 0.05) is 26.7 Å². The van der Waals surface area contributed by atoms with Gasteiger partial charge in [0.2, 0.25) is 5.91 Å². The van der Waals surface area contributed by atoms with Crippen molar-refractivity contribution in [2.24, 2.45) is 0 Å². The minimum absolute atomic E-state index is 0.0149. The first-order chi connectivity index (χ1) is 8.08. The second kappa shape index (κ2) is 5.33. The van der Waals surface area contributed by atoms with E-state index in [1.54, 1.807) is 4.90 Å². The number of carbonyl (C=O) groups is 1. The van der Waals surface area contributed by atoms with Crippen LogP contribution in [0.15, 0.2) is 0 Å². The number of ether oxygens (including phenoxy) is 1. The quantitative estimate of drug-likeness (QED) is 0.722. The summed E-state index contributed by atoms with van der Waals surface area (Å²) in [4.78, 5) is 15.8. The molecule has 98 valence electrons. The SMILES string of the molecule is CN(C)C(=O)C1CCC(CN(C)C2COC2)N1. The van der Waals surface area contributed by atoms with Gasteiger partial charge in [0.25, 0.3) is 0 Å². The Morgan fingerprint density at radius 1 is 1.29 bits per heavy atom. The zero-order chi connectivity index (χ0) is 12.4. The Bertz CT molecular complexity index is 279. The van der Waals surface area contributed by atoms with Crippen molar-refractivity contribution in [3.63, 3.8) is 0 Å². The normalized spacial score (nSPS) is 29.4. The maximum atomic E-state index is 11.8. The molecule has 5 heteroatoms. The van der Waals surface area contributed by atoms with Crippen LogP contribution in [0.5, 0.6) is 0 Å². The molecule has 0 aromatic heterocycles. The van der Waals surface area contributed by atoms with E-state index in [0.717, 1.165) is 32.6 Å². The number of amides is 1. The van der Waals surface area contributed by atoms with Gasteiger partial charge >= 0.3 is 0 Å². The molecule has 2 fully saturated rings. The van der Waals surface area contributed by atoms with Crippen molar-refractivity contribution in [3.05, 3.63) is 0 Å². The first-order valence-electron chi connectivity index (χ1n) is 6.33. The van der Waals surface area contributed by atoms with Crippen molar-refractivity contribution < 1.29 is 9.53 Å². The molecule has 0 spiro atoms. The predicted octanol–water partition coefficient (Wildman–Crippen LogP) is -0.474. The highest BCUT2D eigenvalue weighted by molar-refractivity contribution is 5.81. The third kappa shape index (κ3) is 2.97. The van der Waals surface area contributed by atoms with Gasteiger partial charge in [-0.3, -0.25) is 9.69 Å². The minimum Gasteiger partial charge on any atom is -0.378 e. The highest BCUT2D eigenvalue weighted by Gasteiger charge is 2.32. The van der Waals surface area contributed by atoms with Crippen molar-refractivity contribution >= 4 is 5.91 Å². The molecule has 2 aliphatic heterocycles. The Morgan fingerprint density at radius 2 is 2.00 bits per heavy atom. The van der Waals surface area contributed by atoms with E-state index >= 15 is 0 Å². The van der Waals surface area contributed by atoms with E-state index in [0.29, 0.717) is 12.1 Å². The van der Waals surface area contributed by atoms with Gasteiger partial charge < -0.3 is 15.0 Å². The fourth-order valence-electron chi connectivity index (χ4n) is 2.44. The molecule has 0 aromatic rings. The van der Waals surface area contributed by atoms with Crippen molar-refractivity contribution in [2.45, 2.75) is 31.0 Å². The first-order valence-corrected chi connectivity index (χ1v) is 6.33. The third-order valence-corrected chi connectivity index (χ3v) is 3.73. The number of nitrogens with zero attached hydrogens (tertiary/aromatic N) is 2. The van der Waals surface area contributed by atoms with Crippen LogP contribution in [-0.2, 0) is 9.53 Å². The van der Waals surface area contributed by atoms with Crippen molar-refractivity contribution in [1.82, 2.24) is 15.1 Å². The zero-order valence-corrected chi connectivity index (χ0v) is 11.0. The molecule has 2 aliphatic rings. The Balaban J connectivity index is 1.75. The Labute approximate surface area is 103 Å². The molecule has 0 aliphatic carbocycles. The summed E-state index contributed by atoms with van der Waals surface area (Å²) in [6, 6.07) is 1.02. The molecular weight excluding hydrogens is 218 g/mol. The van der Waals surface area contributed by atoms with Crippen molar-refractivity contribution in [1.29, 1.82) is 0 Å². The van der Waals surface area contributed by atoms with Crippen LogP contribution in [0.25, 0.3) is 0 Å². The number of nitrogens with one attached hydrogen (secondary N) is 1. The summed E-state index contributed by atoms with van der Waals surface area (Å²) in [5, 5.41) is 3.43. The Hall–Kier alpha value is -0.650. The molecule has 2 rings (SSSR count). The van der Waals surface area contributed by atoms with Crippen LogP contribution in [0.1, 0.15) is 12.8 Å². The Morgan fingerprint density at radius 3 is 2.53 bits per heavy atom. The Kier molecular flexibility index (Phi) is 4.01. The van der Waals surface area contributed by atoms with E-state index in [1.807, 2.05) is 14.1 Å². The van der Waals surface area contributed by atoms with Gasteiger partial charge in [-0.25, -0.2) is 0 Å². The summed E-state index contributed by atoms with van der Waals surface area (Å²) in [7, 11) is 5.76. The molecule has 17 heavy (non-hydrogen) atoms. The molecule has 5 nitrogen and oxygen atoms in total. The van der Waals surface area contributed by atoms with Crippen LogP contribution in [0.4, 0.5) is 0 Å². The summed E-state index contributed by atoms with van der Waals surface area (Å²) < 4.78 is 5.19. The standard InChI is InChI=1S/C12H23N3O2/c1-14(2)12(16)11-5-4-9(13-11)6-15(3)10-7-17-8-10/h9-11,13H,4-8H2,1-3H3. The van der Waals surface area contributed by atoms with Crippen LogP contribution < -0.4 is 5.32 Å². The summed E-state index contributed by atoms with van der Waals surface area (Å²) in [5.41, 5.74) is 0. The molecule has 1 N–H and O–H groups in total. The molecule has 0 saturated carbocycles. The lowest BCUT2D eigenvalue weighted by Crippen LogP contribution is -2.52. The average Bonchev–Trinajstić information content (AvgIpc) is 2.61.